The van der Waals surface area contributed by atoms with Crippen LogP contribution in [0.4, 0.5) is 0 Å². The van der Waals surface area contributed by atoms with Gasteiger partial charge in [-0.1, -0.05) is 44.2 Å². The first-order valence-electron chi connectivity index (χ1n) is 8.97. The second-order valence-corrected chi connectivity index (χ2v) is 8.76. The maximum atomic E-state index is 12.3. The zero-order chi connectivity index (χ0) is 19.6. The minimum absolute atomic E-state index is 0.161. The molecule has 2 aromatic carbocycles. The fourth-order valence-corrected chi connectivity index (χ4v) is 4.07. The lowest BCUT2D eigenvalue weighted by molar-refractivity contribution is 0.597. The summed E-state index contributed by atoms with van der Waals surface area (Å²) in [6.45, 7) is 6.80. The largest absolute Gasteiger partial charge is 0.331 e. The van der Waals surface area contributed by atoms with Gasteiger partial charge in [-0.2, -0.15) is 0 Å². The van der Waals surface area contributed by atoms with Gasteiger partial charge in [0.1, 0.15) is 5.82 Å². The Balaban J connectivity index is 2.22. The van der Waals surface area contributed by atoms with Crippen molar-refractivity contribution in [2.45, 2.75) is 38.6 Å². The van der Waals surface area contributed by atoms with Crippen LogP contribution < -0.4 is 5.14 Å². The van der Waals surface area contributed by atoms with E-state index in [2.05, 4.69) is 18.8 Å². The van der Waals surface area contributed by atoms with Crippen LogP contribution in [-0.4, -0.2) is 18.0 Å². The summed E-state index contributed by atoms with van der Waals surface area (Å²) in [6.07, 6.45) is 4.50. The molecule has 3 aromatic rings. The Morgan fingerprint density at radius 2 is 1.81 bits per heavy atom. The molecule has 0 radical (unpaired) electrons. The van der Waals surface area contributed by atoms with E-state index >= 15 is 0 Å². The van der Waals surface area contributed by atoms with Crippen LogP contribution in [-0.2, 0) is 23.0 Å². The molecule has 0 bridgehead atoms. The number of nitrogens with zero attached hydrogens (tertiary/aromatic N) is 2. The van der Waals surface area contributed by atoms with Crippen molar-refractivity contribution in [1.29, 1.82) is 0 Å². The molecule has 27 heavy (non-hydrogen) atoms. The predicted molar refractivity (Wildman–Crippen MR) is 108 cm³/mol. The number of hydrogen-bond donors (Lipinski definition) is 1. The molecule has 0 unspecified atom stereocenters. The van der Waals surface area contributed by atoms with E-state index in [-0.39, 0.29) is 4.90 Å². The lowest BCUT2D eigenvalue weighted by Gasteiger charge is -2.18. The first-order chi connectivity index (χ1) is 12.8. The molecule has 0 aliphatic carbocycles. The third-order valence-electron chi connectivity index (χ3n) is 4.59. The summed E-state index contributed by atoms with van der Waals surface area (Å²) in [5.41, 5.74) is 3.58. The third-order valence-corrected chi connectivity index (χ3v) is 5.54. The molecular formula is C21H25N3O2S. The van der Waals surface area contributed by atoms with Crippen molar-refractivity contribution in [3.05, 3.63) is 71.8 Å². The van der Waals surface area contributed by atoms with E-state index in [9.17, 15) is 8.42 Å². The van der Waals surface area contributed by atoms with Gasteiger partial charge in [0.2, 0.25) is 10.0 Å². The van der Waals surface area contributed by atoms with Gasteiger partial charge in [-0.15, -0.1) is 0 Å². The van der Waals surface area contributed by atoms with Gasteiger partial charge in [0.25, 0.3) is 0 Å². The molecular weight excluding hydrogens is 358 g/mol. The number of aromatic nitrogens is 2. The van der Waals surface area contributed by atoms with Crippen molar-refractivity contribution in [2.75, 3.05) is 0 Å². The van der Waals surface area contributed by atoms with Gasteiger partial charge in [0.05, 0.1) is 4.90 Å². The number of rotatable bonds is 6. The fourth-order valence-electron chi connectivity index (χ4n) is 3.28. The molecule has 0 amide bonds. The quantitative estimate of drug-likeness (QED) is 0.704. The number of imidazole rings is 1. The summed E-state index contributed by atoms with van der Waals surface area (Å²) in [7, 11) is -3.86. The van der Waals surface area contributed by atoms with Crippen LogP contribution in [0.15, 0.2) is 59.8 Å². The van der Waals surface area contributed by atoms with Crippen LogP contribution >= 0.6 is 0 Å². The average Bonchev–Trinajstić information content (AvgIpc) is 3.00. The van der Waals surface area contributed by atoms with E-state index in [0.29, 0.717) is 18.0 Å². The van der Waals surface area contributed by atoms with Crippen LogP contribution in [0.2, 0.25) is 0 Å². The minimum Gasteiger partial charge on any atom is -0.331 e. The number of primary sulfonamides is 1. The monoisotopic (exact) mass is 383 g/mol. The third kappa shape index (κ3) is 4.46. The van der Waals surface area contributed by atoms with Crippen molar-refractivity contribution in [1.82, 2.24) is 9.55 Å². The van der Waals surface area contributed by atoms with Gasteiger partial charge in [-0.05, 0) is 48.1 Å². The normalized spacial score (nSPS) is 11.9. The molecule has 0 aliphatic rings. The summed E-state index contributed by atoms with van der Waals surface area (Å²) in [5, 5.41) is 5.57. The Kier molecular flexibility index (Phi) is 5.48. The first-order valence-corrected chi connectivity index (χ1v) is 10.5. The summed E-state index contributed by atoms with van der Waals surface area (Å²) in [6, 6.07) is 13.2. The second kappa shape index (κ2) is 7.66. The number of hydrogen-bond acceptors (Lipinski definition) is 3. The molecule has 6 heteroatoms. The van der Waals surface area contributed by atoms with E-state index in [4.69, 9.17) is 5.14 Å². The Hall–Kier alpha value is -2.44. The van der Waals surface area contributed by atoms with Crippen LogP contribution in [0.3, 0.4) is 0 Å². The minimum atomic E-state index is -3.86. The number of nitrogens with two attached hydrogens (primary N) is 1. The van der Waals surface area contributed by atoms with Crippen LogP contribution in [0, 0.1) is 12.8 Å². The standard InChI is InChI=1S/C21H25N3O2S/c1-15(2)11-18-12-20(17-7-5-4-6-8-17)21(27(22,25)26)13-19(18)14-24-10-9-23-16(24)3/h4-10,12-13,15H,11,14H2,1-3H3,(H2,22,25,26). The van der Waals surface area contributed by atoms with Gasteiger partial charge < -0.3 is 4.57 Å². The summed E-state index contributed by atoms with van der Waals surface area (Å²) < 4.78 is 26.7. The number of sulfonamides is 1. The molecule has 2 N–H and O–H groups in total. The molecule has 1 heterocycles. The Morgan fingerprint density at radius 3 is 2.37 bits per heavy atom. The van der Waals surface area contributed by atoms with Gasteiger partial charge in [0.15, 0.2) is 0 Å². The highest BCUT2D eigenvalue weighted by molar-refractivity contribution is 7.89. The molecule has 5 nitrogen and oxygen atoms in total. The van der Waals surface area contributed by atoms with Crippen LogP contribution in [0.1, 0.15) is 30.8 Å². The summed E-state index contributed by atoms with van der Waals surface area (Å²) in [5.74, 6) is 1.33. The lowest BCUT2D eigenvalue weighted by Crippen LogP contribution is -2.16. The molecule has 0 fully saturated rings. The van der Waals surface area contributed by atoms with E-state index in [0.717, 1.165) is 28.9 Å². The topological polar surface area (TPSA) is 78.0 Å². The number of aryl methyl sites for hydroxylation is 1. The van der Waals surface area contributed by atoms with E-state index in [1.165, 1.54) is 0 Å². The molecule has 0 atom stereocenters. The van der Waals surface area contributed by atoms with Gasteiger partial charge >= 0.3 is 0 Å². The SMILES string of the molecule is Cc1nccn1Cc1cc(S(N)(=O)=O)c(-c2ccccc2)cc1CC(C)C. The van der Waals surface area contributed by atoms with Gasteiger partial charge in [-0.25, -0.2) is 18.5 Å². The maximum absolute atomic E-state index is 12.3. The van der Waals surface area contributed by atoms with Crippen molar-refractivity contribution in [3.8, 4) is 11.1 Å². The highest BCUT2D eigenvalue weighted by Gasteiger charge is 2.20. The highest BCUT2D eigenvalue weighted by atomic mass is 32.2. The highest BCUT2D eigenvalue weighted by Crippen LogP contribution is 2.31. The van der Waals surface area contributed by atoms with E-state index in [1.54, 1.807) is 12.3 Å². The summed E-state index contributed by atoms with van der Waals surface area (Å²) in [4.78, 5) is 4.42. The first kappa shape index (κ1) is 19.3. The molecule has 0 saturated heterocycles. The number of benzene rings is 2. The molecule has 0 spiro atoms. The smallest absolute Gasteiger partial charge is 0.238 e. The zero-order valence-electron chi connectivity index (χ0n) is 15.9. The fraction of sp³-hybridized carbons (Fsp3) is 0.286. The van der Waals surface area contributed by atoms with Gasteiger partial charge in [-0.3, -0.25) is 0 Å². The average molecular weight is 384 g/mol. The molecule has 1 aromatic heterocycles. The van der Waals surface area contributed by atoms with Crippen molar-refractivity contribution >= 4 is 10.0 Å². The van der Waals surface area contributed by atoms with Crippen molar-refractivity contribution < 1.29 is 8.42 Å². The molecule has 142 valence electrons. The van der Waals surface area contributed by atoms with Crippen molar-refractivity contribution in [3.63, 3.8) is 0 Å². The summed E-state index contributed by atoms with van der Waals surface area (Å²) >= 11 is 0. The van der Waals surface area contributed by atoms with Crippen molar-refractivity contribution in [2.24, 2.45) is 11.1 Å². The molecule has 0 saturated carbocycles. The molecule has 3 rings (SSSR count). The van der Waals surface area contributed by atoms with Crippen LogP contribution in [0.25, 0.3) is 11.1 Å². The Bertz CT molecular complexity index is 1040. The Labute approximate surface area is 160 Å². The Morgan fingerprint density at radius 1 is 1.11 bits per heavy atom. The van der Waals surface area contributed by atoms with Gasteiger partial charge in [0, 0.05) is 24.5 Å². The molecule has 0 aliphatic heterocycles. The zero-order valence-corrected chi connectivity index (χ0v) is 16.7. The van der Waals surface area contributed by atoms with Crippen LogP contribution in [0.5, 0.6) is 0 Å². The second-order valence-electron chi connectivity index (χ2n) is 7.23. The van der Waals surface area contributed by atoms with E-state index < -0.39 is 10.0 Å². The lowest BCUT2D eigenvalue weighted by atomic mass is 9.93. The maximum Gasteiger partial charge on any atom is 0.238 e. The predicted octanol–water partition coefficient (Wildman–Crippen LogP) is 3.75. The van der Waals surface area contributed by atoms with E-state index in [1.807, 2.05) is 54.1 Å².